The first kappa shape index (κ1) is 16.6. The first-order chi connectivity index (χ1) is 10.4. The molecule has 0 amide bonds. The highest BCUT2D eigenvalue weighted by atomic mass is 79.9. The molecule has 0 fully saturated rings. The highest BCUT2D eigenvalue weighted by molar-refractivity contribution is 9.11. The Morgan fingerprint density at radius 1 is 1.05 bits per heavy atom. The molecule has 0 atom stereocenters. The van der Waals surface area contributed by atoms with Crippen molar-refractivity contribution in [2.75, 3.05) is 11.5 Å². The summed E-state index contributed by atoms with van der Waals surface area (Å²) in [5, 5.41) is 0. The zero-order valence-electron chi connectivity index (χ0n) is 11.7. The first-order valence-corrected chi connectivity index (χ1v) is 8.02. The Bertz CT molecular complexity index is 697. The molecule has 0 saturated carbocycles. The lowest BCUT2D eigenvalue weighted by atomic mass is 10.2. The summed E-state index contributed by atoms with van der Waals surface area (Å²) >= 11 is 6.80. The van der Waals surface area contributed by atoms with Gasteiger partial charge in [0.1, 0.15) is 11.5 Å². The molecule has 0 saturated heterocycles. The Kier molecular flexibility index (Phi) is 5.31. The number of esters is 1. The molecule has 4 N–H and O–H groups in total. The zero-order chi connectivity index (χ0) is 16.3. The Labute approximate surface area is 144 Å². The van der Waals surface area contributed by atoms with Crippen molar-refractivity contribution < 1.29 is 14.3 Å². The minimum absolute atomic E-state index is 0.304. The van der Waals surface area contributed by atoms with E-state index in [1.54, 1.807) is 37.3 Å². The molecule has 0 heterocycles. The number of benzene rings is 2. The summed E-state index contributed by atoms with van der Waals surface area (Å²) in [5.74, 6) is 1.21. The largest absolute Gasteiger partial charge is 0.455 e. The Balaban J connectivity index is 2.28. The number of hydrogen-bond acceptors (Lipinski definition) is 5. The Morgan fingerprint density at radius 2 is 1.68 bits per heavy atom. The van der Waals surface area contributed by atoms with Crippen LogP contribution >= 0.6 is 31.9 Å². The van der Waals surface area contributed by atoms with Crippen LogP contribution in [0.25, 0.3) is 0 Å². The fraction of sp³-hybridized carbons (Fsp3) is 0.133. The van der Waals surface area contributed by atoms with E-state index in [0.717, 1.165) is 0 Å². The molecule has 2 aromatic rings. The van der Waals surface area contributed by atoms with Crippen LogP contribution in [-0.4, -0.2) is 5.97 Å². The highest BCUT2D eigenvalue weighted by Crippen LogP contribution is 2.40. The van der Waals surface area contributed by atoms with Crippen LogP contribution in [0.2, 0.25) is 0 Å². The third kappa shape index (κ3) is 3.92. The molecule has 0 bridgehead atoms. The van der Waals surface area contributed by atoms with Crippen molar-refractivity contribution in [3.63, 3.8) is 0 Å². The maximum atomic E-state index is 11.3. The molecule has 2 rings (SSSR count). The van der Waals surface area contributed by atoms with E-state index in [9.17, 15) is 4.79 Å². The number of ether oxygens (including phenoxy) is 2. The van der Waals surface area contributed by atoms with Gasteiger partial charge in [0.25, 0.3) is 0 Å². The van der Waals surface area contributed by atoms with E-state index in [1.807, 2.05) is 0 Å². The van der Waals surface area contributed by atoms with Crippen LogP contribution in [0.1, 0.15) is 13.3 Å². The van der Waals surface area contributed by atoms with Crippen molar-refractivity contribution in [2.45, 2.75) is 13.3 Å². The van der Waals surface area contributed by atoms with Gasteiger partial charge >= 0.3 is 5.97 Å². The predicted molar refractivity (Wildman–Crippen MR) is 93.1 cm³/mol. The lowest BCUT2D eigenvalue weighted by molar-refractivity contribution is -0.134. The number of rotatable bonds is 4. The predicted octanol–water partition coefficient (Wildman–Crippen LogP) is 4.48. The second-order valence-electron chi connectivity index (χ2n) is 4.44. The van der Waals surface area contributed by atoms with E-state index in [4.69, 9.17) is 20.9 Å². The van der Waals surface area contributed by atoms with Gasteiger partial charge in [-0.2, -0.15) is 0 Å². The van der Waals surface area contributed by atoms with E-state index in [-0.39, 0.29) is 5.97 Å². The van der Waals surface area contributed by atoms with Crippen LogP contribution in [0.15, 0.2) is 39.3 Å². The SMILES string of the molecule is CCC(=O)Oc1cc(Br)c(Oc2ccc(N)c(N)c2)c(Br)c1. The summed E-state index contributed by atoms with van der Waals surface area (Å²) in [7, 11) is 0. The quantitative estimate of drug-likeness (QED) is 0.424. The molecule has 5 nitrogen and oxygen atoms in total. The molecule has 7 heteroatoms. The number of nitrogens with two attached hydrogens (primary N) is 2. The van der Waals surface area contributed by atoms with Gasteiger partial charge in [0.05, 0.1) is 20.3 Å². The van der Waals surface area contributed by atoms with Gasteiger partial charge in [0, 0.05) is 12.5 Å². The van der Waals surface area contributed by atoms with Gasteiger partial charge in [-0.05, 0) is 56.1 Å². The molecule has 0 unspecified atom stereocenters. The van der Waals surface area contributed by atoms with Crippen LogP contribution < -0.4 is 20.9 Å². The zero-order valence-corrected chi connectivity index (χ0v) is 14.9. The standard InChI is InChI=1S/C15H14Br2N2O3/c1-2-14(20)21-9-5-10(16)15(11(17)6-9)22-8-3-4-12(18)13(19)7-8/h3-7H,2,18-19H2,1H3. The van der Waals surface area contributed by atoms with Gasteiger partial charge in [-0.1, -0.05) is 6.92 Å². The fourth-order valence-corrected chi connectivity index (χ4v) is 2.94. The second-order valence-corrected chi connectivity index (χ2v) is 6.15. The molecule has 0 aliphatic rings. The van der Waals surface area contributed by atoms with Crippen LogP contribution in [-0.2, 0) is 4.79 Å². The maximum absolute atomic E-state index is 11.3. The smallest absolute Gasteiger partial charge is 0.310 e. The van der Waals surface area contributed by atoms with E-state index in [0.29, 0.717) is 44.0 Å². The molecule has 116 valence electrons. The average molecular weight is 430 g/mol. The first-order valence-electron chi connectivity index (χ1n) is 6.43. The second kappa shape index (κ2) is 7.02. The molecule has 2 aromatic carbocycles. The summed E-state index contributed by atoms with van der Waals surface area (Å²) in [6, 6.07) is 8.35. The number of hydrogen-bond donors (Lipinski definition) is 2. The number of carbonyl (C=O) groups is 1. The third-order valence-corrected chi connectivity index (χ3v) is 3.95. The Morgan fingerprint density at radius 3 is 2.23 bits per heavy atom. The maximum Gasteiger partial charge on any atom is 0.310 e. The topological polar surface area (TPSA) is 87.6 Å². The fourth-order valence-electron chi connectivity index (χ4n) is 1.63. The summed E-state index contributed by atoms with van der Waals surface area (Å²) in [4.78, 5) is 11.3. The lowest BCUT2D eigenvalue weighted by Crippen LogP contribution is -2.05. The number of anilines is 2. The molecule has 0 aromatic heterocycles. The number of nitrogen functional groups attached to an aromatic ring is 2. The van der Waals surface area contributed by atoms with E-state index in [1.165, 1.54) is 0 Å². The minimum atomic E-state index is -0.307. The normalized spacial score (nSPS) is 10.3. The molecule has 22 heavy (non-hydrogen) atoms. The van der Waals surface area contributed by atoms with Gasteiger partial charge in [-0.25, -0.2) is 0 Å². The van der Waals surface area contributed by atoms with Gasteiger partial charge in [-0.15, -0.1) is 0 Å². The van der Waals surface area contributed by atoms with Crippen LogP contribution in [0.3, 0.4) is 0 Å². The average Bonchev–Trinajstić information content (AvgIpc) is 2.46. The monoisotopic (exact) mass is 428 g/mol. The van der Waals surface area contributed by atoms with E-state index < -0.39 is 0 Å². The number of carbonyl (C=O) groups excluding carboxylic acids is 1. The van der Waals surface area contributed by atoms with Crippen molar-refractivity contribution >= 4 is 49.2 Å². The van der Waals surface area contributed by atoms with Crippen molar-refractivity contribution in [1.29, 1.82) is 0 Å². The van der Waals surface area contributed by atoms with Gasteiger partial charge < -0.3 is 20.9 Å². The van der Waals surface area contributed by atoms with Crippen LogP contribution in [0, 0.1) is 0 Å². The van der Waals surface area contributed by atoms with Crippen molar-refractivity contribution in [3.8, 4) is 17.2 Å². The third-order valence-electron chi connectivity index (χ3n) is 2.77. The summed E-state index contributed by atoms with van der Waals surface area (Å²) < 4.78 is 12.2. The van der Waals surface area contributed by atoms with Crippen molar-refractivity contribution in [1.82, 2.24) is 0 Å². The van der Waals surface area contributed by atoms with E-state index in [2.05, 4.69) is 31.9 Å². The minimum Gasteiger partial charge on any atom is -0.455 e. The highest BCUT2D eigenvalue weighted by Gasteiger charge is 2.13. The van der Waals surface area contributed by atoms with Crippen molar-refractivity contribution in [2.24, 2.45) is 0 Å². The summed E-state index contributed by atoms with van der Waals surface area (Å²) in [6.45, 7) is 1.73. The van der Waals surface area contributed by atoms with Crippen molar-refractivity contribution in [3.05, 3.63) is 39.3 Å². The van der Waals surface area contributed by atoms with Gasteiger partial charge in [0.2, 0.25) is 0 Å². The Hall–Kier alpha value is -1.73. The molecular weight excluding hydrogens is 416 g/mol. The van der Waals surface area contributed by atoms with Crippen LogP contribution in [0.4, 0.5) is 11.4 Å². The van der Waals surface area contributed by atoms with Gasteiger partial charge in [0.15, 0.2) is 5.75 Å². The summed E-state index contributed by atoms with van der Waals surface area (Å²) in [5.41, 5.74) is 12.4. The molecule has 0 aliphatic carbocycles. The molecular formula is C15H14Br2N2O3. The summed E-state index contributed by atoms with van der Waals surface area (Å²) in [6.07, 6.45) is 0.304. The van der Waals surface area contributed by atoms with E-state index >= 15 is 0 Å². The number of halogens is 2. The van der Waals surface area contributed by atoms with Crippen LogP contribution in [0.5, 0.6) is 17.2 Å². The molecule has 0 aliphatic heterocycles. The lowest BCUT2D eigenvalue weighted by Gasteiger charge is -2.13. The molecule has 0 radical (unpaired) electrons. The molecule has 0 spiro atoms. The van der Waals surface area contributed by atoms with Gasteiger partial charge in [-0.3, -0.25) is 4.79 Å².